The fraction of sp³-hybridized carbons (Fsp3) is 0.148. The van der Waals surface area contributed by atoms with E-state index in [1.165, 1.54) is 24.3 Å². The zero-order chi connectivity index (χ0) is 21.8. The van der Waals surface area contributed by atoms with Crippen LogP contribution in [-0.2, 0) is 6.61 Å². The minimum absolute atomic E-state index is 0.133. The molecule has 0 amide bonds. The van der Waals surface area contributed by atoms with Gasteiger partial charge in [0.15, 0.2) is 0 Å². The average molecular weight is 415 g/mol. The molecular formula is C27H23F2NO. The van der Waals surface area contributed by atoms with Crippen LogP contribution in [0.3, 0.4) is 0 Å². The van der Waals surface area contributed by atoms with E-state index < -0.39 is 0 Å². The number of para-hydroxylation sites is 1. The number of benzene rings is 3. The number of hydrogen-bond donors (Lipinski definition) is 0. The van der Waals surface area contributed by atoms with Gasteiger partial charge in [-0.15, -0.1) is 0 Å². The maximum atomic E-state index is 13.6. The number of aromatic nitrogens is 1. The van der Waals surface area contributed by atoms with E-state index in [2.05, 4.69) is 13.8 Å². The topological polar surface area (TPSA) is 22.1 Å². The first kappa shape index (κ1) is 20.7. The molecular weight excluding hydrogens is 392 g/mol. The maximum Gasteiger partial charge on any atom is 0.123 e. The molecule has 0 aliphatic rings. The van der Waals surface area contributed by atoms with E-state index in [1.807, 2.05) is 36.4 Å². The maximum absolute atomic E-state index is 13.6. The Morgan fingerprint density at radius 1 is 0.774 bits per heavy atom. The molecule has 0 saturated carbocycles. The molecule has 0 aliphatic heterocycles. The summed E-state index contributed by atoms with van der Waals surface area (Å²) in [5.74, 6) is 0.320. The molecule has 0 bridgehead atoms. The molecule has 0 fully saturated rings. The number of hydrogen-bond acceptors (Lipinski definition) is 2. The van der Waals surface area contributed by atoms with Crippen LogP contribution in [-0.4, -0.2) is 4.98 Å². The molecule has 0 atom stereocenters. The van der Waals surface area contributed by atoms with Gasteiger partial charge in [0.1, 0.15) is 24.0 Å². The van der Waals surface area contributed by atoms with Gasteiger partial charge < -0.3 is 4.74 Å². The number of halogens is 2. The van der Waals surface area contributed by atoms with Gasteiger partial charge in [0.25, 0.3) is 0 Å². The first-order chi connectivity index (χ1) is 15.0. The molecule has 4 heteroatoms. The van der Waals surface area contributed by atoms with Crippen LogP contribution in [0, 0.1) is 11.6 Å². The fourth-order valence-electron chi connectivity index (χ4n) is 3.55. The largest absolute Gasteiger partial charge is 0.489 e. The Bertz CT molecular complexity index is 1150. The Labute approximate surface area is 181 Å². The zero-order valence-electron chi connectivity index (χ0n) is 17.5. The SMILES string of the molecule is CC(C)c1nc(-c2ccc(F)cc2)cc(-c2ccc(F)cc2)c1COc1ccccc1. The van der Waals surface area contributed by atoms with Gasteiger partial charge in [-0.2, -0.15) is 0 Å². The summed E-state index contributed by atoms with van der Waals surface area (Å²) in [6, 6.07) is 24.3. The van der Waals surface area contributed by atoms with Gasteiger partial charge >= 0.3 is 0 Å². The van der Waals surface area contributed by atoms with Gasteiger partial charge in [0.05, 0.1) is 11.4 Å². The smallest absolute Gasteiger partial charge is 0.123 e. The second kappa shape index (κ2) is 9.09. The molecule has 1 heterocycles. The summed E-state index contributed by atoms with van der Waals surface area (Å²) < 4.78 is 33.1. The van der Waals surface area contributed by atoms with E-state index in [9.17, 15) is 8.78 Å². The lowest BCUT2D eigenvalue weighted by molar-refractivity contribution is 0.304. The van der Waals surface area contributed by atoms with E-state index in [4.69, 9.17) is 9.72 Å². The first-order valence-corrected chi connectivity index (χ1v) is 10.2. The zero-order valence-corrected chi connectivity index (χ0v) is 17.5. The third-order valence-corrected chi connectivity index (χ3v) is 5.12. The molecule has 2 nitrogen and oxygen atoms in total. The predicted octanol–water partition coefficient (Wildman–Crippen LogP) is 7.40. The van der Waals surface area contributed by atoms with E-state index >= 15 is 0 Å². The van der Waals surface area contributed by atoms with Crippen LogP contribution in [0.15, 0.2) is 84.9 Å². The predicted molar refractivity (Wildman–Crippen MR) is 120 cm³/mol. The highest BCUT2D eigenvalue weighted by molar-refractivity contribution is 5.74. The van der Waals surface area contributed by atoms with Crippen molar-refractivity contribution in [3.8, 4) is 28.1 Å². The Kier molecular flexibility index (Phi) is 6.08. The molecule has 156 valence electrons. The van der Waals surface area contributed by atoms with Crippen molar-refractivity contribution in [2.45, 2.75) is 26.4 Å². The summed E-state index contributed by atoms with van der Waals surface area (Å²) >= 11 is 0. The van der Waals surface area contributed by atoms with Gasteiger partial charge in [-0.25, -0.2) is 8.78 Å². The molecule has 0 radical (unpaired) electrons. The highest BCUT2D eigenvalue weighted by Gasteiger charge is 2.18. The molecule has 4 aromatic rings. The Hall–Kier alpha value is -3.53. The summed E-state index contributed by atoms with van der Waals surface area (Å²) in [7, 11) is 0. The summed E-state index contributed by atoms with van der Waals surface area (Å²) in [5, 5.41) is 0. The fourth-order valence-corrected chi connectivity index (χ4v) is 3.55. The molecule has 0 N–H and O–H groups in total. The minimum Gasteiger partial charge on any atom is -0.489 e. The number of nitrogens with zero attached hydrogens (tertiary/aromatic N) is 1. The van der Waals surface area contributed by atoms with Crippen LogP contribution in [0.4, 0.5) is 8.78 Å². The summed E-state index contributed by atoms with van der Waals surface area (Å²) in [4.78, 5) is 4.91. The minimum atomic E-state index is -0.292. The van der Waals surface area contributed by atoms with Crippen molar-refractivity contribution in [1.29, 1.82) is 0 Å². The lowest BCUT2D eigenvalue weighted by Crippen LogP contribution is -2.08. The highest BCUT2D eigenvalue weighted by atomic mass is 19.1. The molecule has 0 saturated heterocycles. The van der Waals surface area contributed by atoms with E-state index in [0.29, 0.717) is 6.61 Å². The molecule has 4 rings (SSSR count). The molecule has 1 aromatic heterocycles. The van der Waals surface area contributed by atoms with Gasteiger partial charge in [-0.05, 0) is 71.6 Å². The quantitative estimate of drug-likeness (QED) is 0.327. The van der Waals surface area contributed by atoms with E-state index in [0.717, 1.165) is 39.4 Å². The standard InChI is InChI=1S/C27H23F2NO/c1-18(2)27-25(17-31-23-6-4-3-5-7-23)24(19-8-12-21(28)13-9-19)16-26(30-27)20-10-14-22(29)15-11-20/h3-16,18H,17H2,1-2H3. The Morgan fingerprint density at radius 3 is 1.94 bits per heavy atom. The summed E-state index contributed by atoms with van der Waals surface area (Å²) in [5.41, 5.74) is 5.22. The molecule has 0 spiro atoms. The van der Waals surface area contributed by atoms with Crippen molar-refractivity contribution in [3.63, 3.8) is 0 Å². The number of pyridine rings is 1. The summed E-state index contributed by atoms with van der Waals surface area (Å²) in [6.07, 6.45) is 0. The van der Waals surface area contributed by atoms with Crippen LogP contribution in [0.5, 0.6) is 5.75 Å². The van der Waals surface area contributed by atoms with Crippen molar-refractivity contribution >= 4 is 0 Å². The normalized spacial score (nSPS) is 11.0. The van der Waals surface area contributed by atoms with Crippen molar-refractivity contribution in [2.24, 2.45) is 0 Å². The van der Waals surface area contributed by atoms with E-state index in [1.54, 1.807) is 24.3 Å². The van der Waals surface area contributed by atoms with Gasteiger partial charge in [0.2, 0.25) is 0 Å². The Balaban J connectivity index is 1.85. The average Bonchev–Trinajstić information content (AvgIpc) is 2.79. The lowest BCUT2D eigenvalue weighted by Gasteiger charge is -2.19. The highest BCUT2D eigenvalue weighted by Crippen LogP contribution is 2.34. The van der Waals surface area contributed by atoms with Gasteiger partial charge in [0, 0.05) is 11.1 Å². The van der Waals surface area contributed by atoms with Crippen molar-refractivity contribution in [3.05, 3.63) is 108 Å². The summed E-state index contributed by atoms with van der Waals surface area (Å²) in [6.45, 7) is 4.50. The monoisotopic (exact) mass is 415 g/mol. The second-order valence-corrected chi connectivity index (χ2v) is 7.69. The van der Waals surface area contributed by atoms with Crippen LogP contribution in [0.1, 0.15) is 31.0 Å². The third-order valence-electron chi connectivity index (χ3n) is 5.12. The van der Waals surface area contributed by atoms with Crippen molar-refractivity contribution < 1.29 is 13.5 Å². The first-order valence-electron chi connectivity index (χ1n) is 10.2. The lowest BCUT2D eigenvalue weighted by atomic mass is 9.93. The number of rotatable bonds is 6. The van der Waals surface area contributed by atoms with Crippen LogP contribution in [0.25, 0.3) is 22.4 Å². The van der Waals surface area contributed by atoms with Crippen molar-refractivity contribution in [2.75, 3.05) is 0 Å². The van der Waals surface area contributed by atoms with Crippen LogP contribution >= 0.6 is 0 Å². The molecule has 3 aromatic carbocycles. The molecule has 0 unspecified atom stereocenters. The van der Waals surface area contributed by atoms with Gasteiger partial charge in [-0.1, -0.05) is 44.2 Å². The van der Waals surface area contributed by atoms with Crippen molar-refractivity contribution in [1.82, 2.24) is 4.98 Å². The van der Waals surface area contributed by atoms with E-state index in [-0.39, 0.29) is 17.6 Å². The number of ether oxygens (including phenoxy) is 1. The van der Waals surface area contributed by atoms with Crippen LogP contribution in [0.2, 0.25) is 0 Å². The molecule has 31 heavy (non-hydrogen) atoms. The Morgan fingerprint density at radius 2 is 1.35 bits per heavy atom. The second-order valence-electron chi connectivity index (χ2n) is 7.69. The van der Waals surface area contributed by atoms with Crippen LogP contribution < -0.4 is 4.74 Å². The molecule has 0 aliphatic carbocycles. The van der Waals surface area contributed by atoms with Gasteiger partial charge in [-0.3, -0.25) is 4.98 Å². The third kappa shape index (κ3) is 4.80.